The summed E-state index contributed by atoms with van der Waals surface area (Å²) in [6.07, 6.45) is 2.91. The number of H-pyrrole nitrogens is 1. The minimum atomic E-state index is -0.202. The molecule has 2 unspecified atom stereocenters. The molecular formula is C28H34N4O4. The largest absolute Gasteiger partial charge is 0.493 e. The number of nitrogens with one attached hydrogen (secondary N) is 1. The van der Waals surface area contributed by atoms with Crippen molar-refractivity contribution in [2.24, 2.45) is 0 Å². The summed E-state index contributed by atoms with van der Waals surface area (Å²) >= 11 is 0. The highest BCUT2D eigenvalue weighted by molar-refractivity contribution is 5.50. The van der Waals surface area contributed by atoms with Crippen LogP contribution >= 0.6 is 0 Å². The highest BCUT2D eigenvalue weighted by atomic mass is 16.5. The number of hydrogen-bond donors (Lipinski definition) is 2. The number of nitrogens with zero attached hydrogens (tertiary/aromatic N) is 3. The zero-order valence-electron chi connectivity index (χ0n) is 21.3. The molecule has 4 rings (SSSR count). The Labute approximate surface area is 210 Å². The van der Waals surface area contributed by atoms with Crippen molar-refractivity contribution >= 4 is 5.52 Å². The predicted molar refractivity (Wildman–Crippen MR) is 139 cm³/mol. The topological polar surface area (TPSA) is 102 Å². The molecule has 36 heavy (non-hydrogen) atoms. The van der Waals surface area contributed by atoms with Crippen LogP contribution in [-0.4, -0.2) is 45.5 Å². The molecule has 0 amide bonds. The van der Waals surface area contributed by atoms with E-state index in [1.807, 2.05) is 43.3 Å². The van der Waals surface area contributed by atoms with Crippen LogP contribution in [0.3, 0.4) is 0 Å². The van der Waals surface area contributed by atoms with Gasteiger partial charge in [0.05, 0.1) is 19.9 Å². The maximum absolute atomic E-state index is 13.0. The molecule has 0 aliphatic heterocycles. The van der Waals surface area contributed by atoms with Gasteiger partial charge < -0.3 is 19.6 Å². The Morgan fingerprint density at radius 2 is 1.78 bits per heavy atom. The molecule has 190 valence electrons. The maximum Gasteiger partial charge on any atom is 0.277 e. The summed E-state index contributed by atoms with van der Waals surface area (Å²) in [5.74, 6) is 2.95. The highest BCUT2D eigenvalue weighted by Crippen LogP contribution is 2.30. The summed E-state index contributed by atoms with van der Waals surface area (Å²) in [6, 6.07) is 16.0. The second kappa shape index (κ2) is 11.4. The molecule has 8 heteroatoms. The van der Waals surface area contributed by atoms with Crippen LogP contribution in [-0.2, 0) is 6.42 Å². The van der Waals surface area contributed by atoms with Crippen LogP contribution in [0.1, 0.15) is 66.5 Å². The summed E-state index contributed by atoms with van der Waals surface area (Å²) in [4.78, 5) is 20.6. The molecule has 0 saturated carbocycles. The molecule has 0 aliphatic carbocycles. The van der Waals surface area contributed by atoms with E-state index in [1.165, 1.54) is 5.56 Å². The van der Waals surface area contributed by atoms with Gasteiger partial charge in [0.2, 0.25) is 0 Å². The Morgan fingerprint density at radius 1 is 1.03 bits per heavy atom. The summed E-state index contributed by atoms with van der Waals surface area (Å²) in [5, 5.41) is 14.4. The van der Waals surface area contributed by atoms with E-state index in [-0.39, 0.29) is 24.0 Å². The lowest BCUT2D eigenvalue weighted by Gasteiger charge is -2.18. The SMILES string of the molecule is COc1ccc(Cc2nn3c(C(C)CCC(CCO)c4ccccc4)nc(C)c3c(=O)[nH]2)cc1OC. The molecule has 0 spiro atoms. The number of rotatable bonds is 11. The minimum Gasteiger partial charge on any atom is -0.493 e. The summed E-state index contributed by atoms with van der Waals surface area (Å²) in [5.41, 5.74) is 3.11. The first kappa shape index (κ1) is 25.4. The number of hydrogen-bond acceptors (Lipinski definition) is 6. The van der Waals surface area contributed by atoms with Crippen molar-refractivity contribution in [3.63, 3.8) is 0 Å². The third kappa shape index (κ3) is 5.44. The number of imidazole rings is 1. The van der Waals surface area contributed by atoms with Gasteiger partial charge in [0.15, 0.2) is 17.0 Å². The number of aliphatic hydroxyl groups is 1. The minimum absolute atomic E-state index is 0.0827. The van der Waals surface area contributed by atoms with Gasteiger partial charge in [-0.2, -0.15) is 5.10 Å². The van der Waals surface area contributed by atoms with Gasteiger partial charge >= 0.3 is 0 Å². The molecular weight excluding hydrogens is 456 g/mol. The lowest BCUT2D eigenvalue weighted by molar-refractivity contribution is 0.270. The third-order valence-electron chi connectivity index (χ3n) is 6.70. The average molecular weight is 491 g/mol. The number of aromatic nitrogens is 4. The molecule has 8 nitrogen and oxygen atoms in total. The molecule has 2 N–H and O–H groups in total. The lowest BCUT2D eigenvalue weighted by Crippen LogP contribution is -2.18. The molecule has 2 heterocycles. The molecule has 0 radical (unpaired) electrons. The quantitative estimate of drug-likeness (QED) is 0.323. The predicted octanol–water partition coefficient (Wildman–Crippen LogP) is 4.38. The van der Waals surface area contributed by atoms with Crippen molar-refractivity contribution in [3.8, 4) is 11.5 Å². The Balaban J connectivity index is 1.60. The molecule has 0 aliphatic rings. The van der Waals surface area contributed by atoms with Crippen molar-refractivity contribution in [2.75, 3.05) is 20.8 Å². The van der Waals surface area contributed by atoms with Gasteiger partial charge in [-0.15, -0.1) is 0 Å². The number of methoxy groups -OCH3 is 2. The number of benzene rings is 2. The number of fused-ring (bicyclic) bond motifs is 1. The average Bonchev–Trinajstić information content (AvgIpc) is 3.23. The number of ether oxygens (including phenoxy) is 2. The van der Waals surface area contributed by atoms with Crippen LogP contribution < -0.4 is 15.0 Å². The molecule has 2 atom stereocenters. The van der Waals surface area contributed by atoms with Crippen LogP contribution in [0.15, 0.2) is 53.3 Å². The van der Waals surface area contributed by atoms with E-state index in [2.05, 4.69) is 24.0 Å². The maximum atomic E-state index is 13.0. The fourth-order valence-electron chi connectivity index (χ4n) is 4.76. The van der Waals surface area contributed by atoms with Gasteiger partial charge in [0.1, 0.15) is 11.6 Å². The van der Waals surface area contributed by atoms with Crippen molar-refractivity contribution in [3.05, 3.63) is 87.4 Å². The van der Waals surface area contributed by atoms with E-state index in [1.54, 1.807) is 18.7 Å². The first-order chi connectivity index (χ1) is 17.4. The lowest BCUT2D eigenvalue weighted by atomic mass is 9.88. The smallest absolute Gasteiger partial charge is 0.277 e. The van der Waals surface area contributed by atoms with Gasteiger partial charge in [-0.25, -0.2) is 9.50 Å². The second-order valence-corrected chi connectivity index (χ2v) is 9.18. The van der Waals surface area contributed by atoms with Crippen LogP contribution in [0.5, 0.6) is 11.5 Å². The van der Waals surface area contributed by atoms with Crippen LogP contribution in [0.25, 0.3) is 5.52 Å². The first-order valence-electron chi connectivity index (χ1n) is 12.3. The van der Waals surface area contributed by atoms with E-state index in [0.29, 0.717) is 41.4 Å². The van der Waals surface area contributed by atoms with Gasteiger partial charge in [0.25, 0.3) is 5.56 Å². The molecule has 2 aromatic carbocycles. The normalized spacial score (nSPS) is 13.0. The van der Waals surface area contributed by atoms with Crippen molar-refractivity contribution < 1.29 is 14.6 Å². The molecule has 0 fully saturated rings. The van der Waals surface area contributed by atoms with E-state index in [0.717, 1.165) is 24.2 Å². The standard InChI is InChI=1S/C28H34N4O4/c1-18(10-12-22(14-15-33)21-8-6-5-7-9-21)27-29-19(2)26-28(34)30-25(31-32(26)27)17-20-11-13-23(35-3)24(16-20)36-4/h5-9,11,13,16,18,22,33H,10,12,14-15,17H2,1-4H3,(H,30,31,34). The van der Waals surface area contributed by atoms with Crippen molar-refractivity contribution in [1.82, 2.24) is 19.6 Å². The van der Waals surface area contributed by atoms with Crippen LogP contribution in [0.4, 0.5) is 0 Å². The fraction of sp³-hybridized carbons (Fsp3) is 0.393. The third-order valence-corrected chi connectivity index (χ3v) is 6.70. The van der Waals surface area contributed by atoms with E-state index in [4.69, 9.17) is 19.6 Å². The van der Waals surface area contributed by atoms with Crippen molar-refractivity contribution in [2.45, 2.75) is 51.4 Å². The number of aryl methyl sites for hydroxylation is 1. The highest BCUT2D eigenvalue weighted by Gasteiger charge is 2.21. The van der Waals surface area contributed by atoms with Gasteiger partial charge in [0, 0.05) is 18.9 Å². The van der Waals surface area contributed by atoms with E-state index in [9.17, 15) is 9.90 Å². The van der Waals surface area contributed by atoms with E-state index >= 15 is 0 Å². The zero-order chi connectivity index (χ0) is 25.7. The molecule has 4 aromatic rings. The fourth-order valence-corrected chi connectivity index (χ4v) is 4.76. The Morgan fingerprint density at radius 3 is 2.47 bits per heavy atom. The monoisotopic (exact) mass is 490 g/mol. The number of aromatic amines is 1. The zero-order valence-corrected chi connectivity index (χ0v) is 21.3. The Bertz CT molecular complexity index is 1360. The van der Waals surface area contributed by atoms with Crippen LogP contribution in [0, 0.1) is 6.92 Å². The van der Waals surface area contributed by atoms with Gasteiger partial charge in [-0.1, -0.05) is 43.3 Å². The van der Waals surface area contributed by atoms with E-state index < -0.39 is 0 Å². The molecule has 0 bridgehead atoms. The summed E-state index contributed by atoms with van der Waals surface area (Å²) < 4.78 is 12.4. The Hall–Kier alpha value is -3.65. The first-order valence-corrected chi connectivity index (χ1v) is 12.3. The summed E-state index contributed by atoms with van der Waals surface area (Å²) in [6.45, 7) is 4.11. The van der Waals surface area contributed by atoms with Gasteiger partial charge in [-0.05, 0) is 55.4 Å². The second-order valence-electron chi connectivity index (χ2n) is 9.18. The molecule has 0 saturated heterocycles. The molecule has 2 aromatic heterocycles. The van der Waals surface area contributed by atoms with Gasteiger partial charge in [-0.3, -0.25) is 4.79 Å². The summed E-state index contributed by atoms with van der Waals surface area (Å²) in [7, 11) is 3.19. The Kier molecular flexibility index (Phi) is 8.05. The van der Waals surface area contributed by atoms with Crippen LogP contribution in [0.2, 0.25) is 0 Å². The van der Waals surface area contributed by atoms with Crippen molar-refractivity contribution in [1.29, 1.82) is 0 Å². The number of aliphatic hydroxyl groups excluding tert-OH is 1.